The van der Waals surface area contributed by atoms with Crippen LogP contribution in [0.4, 0.5) is 13.2 Å². The van der Waals surface area contributed by atoms with Gasteiger partial charge in [-0.3, -0.25) is 0 Å². The quantitative estimate of drug-likeness (QED) is 0.848. The van der Waals surface area contributed by atoms with Crippen molar-refractivity contribution in [2.24, 2.45) is 0 Å². The van der Waals surface area contributed by atoms with Crippen molar-refractivity contribution in [1.82, 2.24) is 4.98 Å². The number of halogens is 3. The lowest BCUT2D eigenvalue weighted by atomic mass is 10.4. The van der Waals surface area contributed by atoms with Gasteiger partial charge in [0.25, 0.3) is 0 Å². The van der Waals surface area contributed by atoms with Crippen molar-refractivity contribution in [2.75, 3.05) is 0 Å². The molecule has 0 bridgehead atoms. The van der Waals surface area contributed by atoms with Crippen LogP contribution in [0, 0.1) is 11.3 Å². The molecule has 0 aliphatic heterocycles. The molecule has 0 saturated heterocycles. The van der Waals surface area contributed by atoms with Crippen molar-refractivity contribution in [1.29, 1.82) is 5.26 Å². The lowest BCUT2D eigenvalue weighted by molar-refractivity contribution is -0.276. The number of aromatic nitrogens is 1. The Balaban J connectivity index is 2.41. The van der Waals surface area contributed by atoms with Crippen LogP contribution in [0.2, 0.25) is 0 Å². The minimum atomic E-state index is -4.95. The molecule has 0 radical (unpaired) electrons. The number of hydrogen-bond donors (Lipinski definition) is 0. The molecule has 0 N–H and O–H groups in total. The molecule has 1 aromatic rings. The second-order valence-electron chi connectivity index (χ2n) is 3.90. The van der Waals surface area contributed by atoms with Gasteiger partial charge in [0, 0.05) is 6.07 Å². The summed E-state index contributed by atoms with van der Waals surface area (Å²) in [6, 6.07) is 3.17. The van der Waals surface area contributed by atoms with Gasteiger partial charge in [0.05, 0.1) is 5.25 Å². The van der Waals surface area contributed by atoms with Crippen LogP contribution in [-0.2, 0) is 9.84 Å². The Bertz CT molecular complexity index is 645. The number of rotatable bonds is 3. The second kappa shape index (κ2) is 4.38. The smallest absolute Gasteiger partial charge is 0.388 e. The van der Waals surface area contributed by atoms with E-state index in [1.807, 2.05) is 0 Å². The minimum Gasteiger partial charge on any atom is -0.388 e. The van der Waals surface area contributed by atoms with Gasteiger partial charge in [0.1, 0.15) is 11.0 Å². The van der Waals surface area contributed by atoms with E-state index in [0.29, 0.717) is 12.8 Å². The van der Waals surface area contributed by atoms with Crippen molar-refractivity contribution in [3.05, 3.63) is 17.8 Å². The van der Waals surface area contributed by atoms with Crippen molar-refractivity contribution in [2.45, 2.75) is 29.3 Å². The third-order valence-corrected chi connectivity index (χ3v) is 4.72. The van der Waals surface area contributed by atoms with Crippen LogP contribution in [0.3, 0.4) is 0 Å². The van der Waals surface area contributed by atoms with Crippen molar-refractivity contribution in [3.63, 3.8) is 0 Å². The van der Waals surface area contributed by atoms with E-state index in [0.717, 1.165) is 12.1 Å². The van der Waals surface area contributed by atoms with Gasteiger partial charge in [-0.05, 0) is 18.9 Å². The van der Waals surface area contributed by atoms with Crippen molar-refractivity contribution in [3.8, 4) is 11.9 Å². The molecular formula is C10H7F3N2O3S. The van der Waals surface area contributed by atoms with Gasteiger partial charge >= 0.3 is 6.36 Å². The number of nitrogens with zero attached hydrogens (tertiary/aromatic N) is 2. The Labute approximate surface area is 106 Å². The number of nitriles is 1. The first-order chi connectivity index (χ1) is 8.74. The first-order valence-corrected chi connectivity index (χ1v) is 6.69. The largest absolute Gasteiger partial charge is 0.574 e. The maximum atomic E-state index is 12.0. The second-order valence-corrected chi connectivity index (χ2v) is 6.10. The third kappa shape index (κ3) is 2.96. The average molecular weight is 292 g/mol. The van der Waals surface area contributed by atoms with Crippen LogP contribution >= 0.6 is 0 Å². The first kappa shape index (κ1) is 13.6. The lowest BCUT2D eigenvalue weighted by Crippen LogP contribution is -2.19. The molecule has 0 unspecified atom stereocenters. The van der Waals surface area contributed by atoms with E-state index in [1.165, 1.54) is 6.07 Å². The fourth-order valence-electron chi connectivity index (χ4n) is 1.47. The van der Waals surface area contributed by atoms with Crippen LogP contribution in [0.15, 0.2) is 17.0 Å². The van der Waals surface area contributed by atoms with Gasteiger partial charge in [-0.15, -0.1) is 13.2 Å². The molecular weight excluding hydrogens is 285 g/mol. The predicted octanol–water partition coefficient (Wildman–Crippen LogP) is 1.79. The normalized spacial score (nSPS) is 15.9. The van der Waals surface area contributed by atoms with E-state index < -0.39 is 33.0 Å². The molecule has 1 heterocycles. The zero-order valence-electron chi connectivity index (χ0n) is 9.31. The fourth-order valence-corrected chi connectivity index (χ4v) is 3.21. The van der Waals surface area contributed by atoms with Crippen LogP contribution in [0.1, 0.15) is 18.5 Å². The zero-order chi connectivity index (χ0) is 14.3. The summed E-state index contributed by atoms with van der Waals surface area (Å²) in [4.78, 5) is 2.92. The highest BCUT2D eigenvalue weighted by Gasteiger charge is 2.39. The zero-order valence-corrected chi connectivity index (χ0v) is 10.1. The van der Waals surface area contributed by atoms with Crippen LogP contribution < -0.4 is 4.74 Å². The lowest BCUT2D eigenvalue weighted by Gasteiger charge is -2.09. The van der Waals surface area contributed by atoms with E-state index >= 15 is 0 Å². The van der Waals surface area contributed by atoms with Gasteiger partial charge in [-0.25, -0.2) is 13.4 Å². The van der Waals surface area contributed by atoms with E-state index in [9.17, 15) is 21.6 Å². The first-order valence-electron chi connectivity index (χ1n) is 5.15. The summed E-state index contributed by atoms with van der Waals surface area (Å²) >= 11 is 0. The van der Waals surface area contributed by atoms with Crippen LogP contribution in [0.25, 0.3) is 0 Å². The summed E-state index contributed by atoms with van der Waals surface area (Å²) in [5.41, 5.74) is -0.589. The predicted molar refractivity (Wildman–Crippen MR) is 55.8 cm³/mol. The van der Waals surface area contributed by atoms with Gasteiger partial charge in [0.15, 0.2) is 15.5 Å². The average Bonchev–Trinajstić information content (AvgIpc) is 3.10. The maximum absolute atomic E-state index is 12.0. The van der Waals surface area contributed by atoms with E-state index in [4.69, 9.17) is 5.26 Å². The highest BCUT2D eigenvalue weighted by Crippen LogP contribution is 2.35. The van der Waals surface area contributed by atoms with Crippen molar-refractivity contribution >= 4 is 9.84 Å². The van der Waals surface area contributed by atoms with E-state index in [2.05, 4.69) is 9.72 Å². The Morgan fingerprint density at radius 1 is 1.37 bits per heavy atom. The molecule has 1 aromatic heterocycles. The molecule has 2 rings (SSSR count). The number of hydrogen-bond acceptors (Lipinski definition) is 5. The Kier molecular flexibility index (Phi) is 3.14. The van der Waals surface area contributed by atoms with Gasteiger partial charge < -0.3 is 4.74 Å². The van der Waals surface area contributed by atoms with Crippen LogP contribution in [-0.4, -0.2) is 25.0 Å². The Morgan fingerprint density at radius 3 is 2.47 bits per heavy atom. The molecule has 9 heteroatoms. The summed E-state index contributed by atoms with van der Waals surface area (Å²) in [7, 11) is -3.69. The molecule has 1 saturated carbocycles. The van der Waals surface area contributed by atoms with Crippen LogP contribution in [0.5, 0.6) is 5.88 Å². The maximum Gasteiger partial charge on any atom is 0.574 e. The molecule has 1 fully saturated rings. The summed E-state index contributed by atoms with van der Waals surface area (Å²) in [5, 5.41) is 8.22. The Hall–Kier alpha value is -1.82. The monoisotopic (exact) mass is 292 g/mol. The summed E-state index contributed by atoms with van der Waals surface area (Å²) < 4.78 is 63.3. The number of ether oxygens (including phenoxy) is 1. The van der Waals surface area contributed by atoms with E-state index in [-0.39, 0.29) is 4.90 Å². The van der Waals surface area contributed by atoms with Gasteiger partial charge in [-0.2, -0.15) is 5.26 Å². The van der Waals surface area contributed by atoms with Gasteiger partial charge in [-0.1, -0.05) is 0 Å². The molecule has 19 heavy (non-hydrogen) atoms. The molecule has 0 spiro atoms. The highest BCUT2D eigenvalue weighted by molar-refractivity contribution is 7.92. The molecule has 1 aliphatic rings. The molecule has 0 aromatic carbocycles. The SMILES string of the molecule is N#Cc1nc(OC(F)(F)F)ccc1S(=O)(=O)C1CC1. The third-order valence-electron chi connectivity index (χ3n) is 2.43. The molecule has 0 atom stereocenters. The highest BCUT2D eigenvalue weighted by atomic mass is 32.2. The standard InChI is InChI=1S/C10H7F3N2O3S/c11-10(12,13)18-9-4-3-8(7(5-14)15-9)19(16,17)6-1-2-6/h3-4,6H,1-2H2. The fraction of sp³-hybridized carbons (Fsp3) is 0.400. The molecule has 5 nitrogen and oxygen atoms in total. The minimum absolute atomic E-state index is 0.355. The summed E-state index contributed by atoms with van der Waals surface area (Å²) in [6.45, 7) is 0. The number of pyridine rings is 1. The number of sulfone groups is 1. The van der Waals surface area contributed by atoms with E-state index in [1.54, 1.807) is 0 Å². The molecule has 0 amide bonds. The molecule has 102 valence electrons. The van der Waals surface area contributed by atoms with Crippen molar-refractivity contribution < 1.29 is 26.3 Å². The van der Waals surface area contributed by atoms with Gasteiger partial charge in [0.2, 0.25) is 5.88 Å². The topological polar surface area (TPSA) is 80.0 Å². The Morgan fingerprint density at radius 2 is 2.00 bits per heavy atom. The summed E-state index contributed by atoms with van der Waals surface area (Å²) in [5.74, 6) is -0.862. The molecule has 1 aliphatic carbocycles. The summed E-state index contributed by atoms with van der Waals surface area (Å²) in [6.07, 6.45) is -3.99. The number of alkyl halides is 3.